The normalized spacial score (nSPS) is 12.9. The van der Waals surface area contributed by atoms with Gasteiger partial charge in [-0.05, 0) is 85.6 Å². The molecule has 1 aliphatic carbocycles. The first-order valence-electron chi connectivity index (χ1n) is 16.8. The standard InChI is InChI=1S/C46H33N3/c1-46(2)39-20-10-19-38(44(39)43-37-18-7-6-13-31(37)21-22-40(43)46)34-15-9-16-35(28-34)42-29-41(32-23-25-47-26-24-32)48-45(49-42)36-17-8-14-33(27-36)30-11-4-3-5-12-30/h3-29H,1-2H3. The van der Waals surface area contributed by atoms with Gasteiger partial charge in [0.25, 0.3) is 0 Å². The van der Waals surface area contributed by atoms with Crippen molar-refractivity contribution in [2.45, 2.75) is 19.3 Å². The van der Waals surface area contributed by atoms with Crippen LogP contribution >= 0.6 is 0 Å². The molecule has 0 aliphatic heterocycles. The third-order valence-electron chi connectivity index (χ3n) is 9.99. The van der Waals surface area contributed by atoms with Crippen molar-refractivity contribution in [2.24, 2.45) is 0 Å². The van der Waals surface area contributed by atoms with Crippen molar-refractivity contribution in [2.75, 3.05) is 0 Å². The molecule has 0 bridgehead atoms. The monoisotopic (exact) mass is 627 g/mol. The maximum atomic E-state index is 5.21. The van der Waals surface area contributed by atoms with Crippen LogP contribution in [0.2, 0.25) is 0 Å². The quantitative estimate of drug-likeness (QED) is 0.191. The fourth-order valence-electron chi connectivity index (χ4n) is 7.50. The lowest BCUT2D eigenvalue weighted by Gasteiger charge is -2.21. The van der Waals surface area contributed by atoms with Crippen LogP contribution < -0.4 is 0 Å². The van der Waals surface area contributed by atoms with E-state index in [0.29, 0.717) is 5.82 Å². The minimum Gasteiger partial charge on any atom is -0.265 e. The second kappa shape index (κ2) is 11.5. The lowest BCUT2D eigenvalue weighted by atomic mass is 9.81. The molecule has 3 nitrogen and oxygen atoms in total. The average molecular weight is 628 g/mol. The first kappa shape index (κ1) is 29.0. The molecular formula is C46H33N3. The Balaban J connectivity index is 1.21. The second-order valence-corrected chi connectivity index (χ2v) is 13.3. The van der Waals surface area contributed by atoms with Crippen molar-refractivity contribution in [3.63, 3.8) is 0 Å². The van der Waals surface area contributed by atoms with E-state index in [9.17, 15) is 0 Å². The first-order valence-corrected chi connectivity index (χ1v) is 16.8. The number of aromatic nitrogens is 3. The van der Waals surface area contributed by atoms with Gasteiger partial charge < -0.3 is 0 Å². The summed E-state index contributed by atoms with van der Waals surface area (Å²) in [5.74, 6) is 0.690. The Morgan fingerprint density at radius 2 is 1.06 bits per heavy atom. The molecule has 0 saturated carbocycles. The van der Waals surface area contributed by atoms with E-state index >= 15 is 0 Å². The maximum absolute atomic E-state index is 5.21. The van der Waals surface area contributed by atoms with Crippen LogP contribution in [0.25, 0.3) is 78.1 Å². The fraction of sp³-hybridized carbons (Fsp3) is 0.0652. The minimum atomic E-state index is -0.0996. The van der Waals surface area contributed by atoms with E-state index in [1.165, 1.54) is 44.2 Å². The Labute approximate surface area is 286 Å². The lowest BCUT2D eigenvalue weighted by Crippen LogP contribution is -2.14. The SMILES string of the molecule is CC1(C)c2cccc(-c3cccc(-c4cc(-c5ccncc5)nc(-c5cccc(-c6ccccc6)c5)n4)c3)c2-c2c1ccc1ccccc21. The van der Waals surface area contributed by atoms with E-state index in [2.05, 4.69) is 152 Å². The van der Waals surface area contributed by atoms with Gasteiger partial charge in [0.15, 0.2) is 5.82 Å². The molecule has 0 N–H and O–H groups in total. The third-order valence-corrected chi connectivity index (χ3v) is 9.99. The van der Waals surface area contributed by atoms with Crippen LogP contribution in [0, 0.1) is 0 Å². The average Bonchev–Trinajstić information content (AvgIpc) is 3.42. The Bertz CT molecular complexity index is 2520. The van der Waals surface area contributed by atoms with Crippen molar-refractivity contribution in [1.29, 1.82) is 0 Å². The summed E-state index contributed by atoms with van der Waals surface area (Å²) in [6, 6.07) is 54.0. The molecule has 1 aliphatic rings. The summed E-state index contributed by atoms with van der Waals surface area (Å²) in [5.41, 5.74) is 14.8. The lowest BCUT2D eigenvalue weighted by molar-refractivity contribution is 0.661. The predicted molar refractivity (Wildman–Crippen MR) is 202 cm³/mol. The zero-order valence-corrected chi connectivity index (χ0v) is 27.4. The van der Waals surface area contributed by atoms with Crippen molar-refractivity contribution in [3.8, 4) is 67.3 Å². The summed E-state index contributed by atoms with van der Waals surface area (Å²) in [7, 11) is 0. The number of hydrogen-bond acceptors (Lipinski definition) is 3. The molecular weight excluding hydrogens is 595 g/mol. The van der Waals surface area contributed by atoms with Gasteiger partial charge in [-0.2, -0.15) is 0 Å². The molecule has 232 valence electrons. The zero-order valence-electron chi connectivity index (χ0n) is 27.4. The molecule has 0 amide bonds. The summed E-state index contributed by atoms with van der Waals surface area (Å²) >= 11 is 0. The highest BCUT2D eigenvalue weighted by Gasteiger charge is 2.37. The third kappa shape index (κ3) is 4.94. The summed E-state index contributed by atoms with van der Waals surface area (Å²) in [5, 5.41) is 2.57. The summed E-state index contributed by atoms with van der Waals surface area (Å²) in [6.45, 7) is 4.70. The molecule has 49 heavy (non-hydrogen) atoms. The van der Waals surface area contributed by atoms with Crippen LogP contribution in [0.5, 0.6) is 0 Å². The highest BCUT2D eigenvalue weighted by molar-refractivity contribution is 6.06. The molecule has 8 aromatic rings. The molecule has 0 atom stereocenters. The Morgan fingerprint density at radius 3 is 1.90 bits per heavy atom. The largest absolute Gasteiger partial charge is 0.265 e. The van der Waals surface area contributed by atoms with Crippen molar-refractivity contribution in [3.05, 3.63) is 175 Å². The van der Waals surface area contributed by atoms with Gasteiger partial charge in [-0.1, -0.05) is 135 Å². The van der Waals surface area contributed by atoms with E-state index in [4.69, 9.17) is 9.97 Å². The number of pyridine rings is 1. The van der Waals surface area contributed by atoms with Gasteiger partial charge in [0.2, 0.25) is 0 Å². The topological polar surface area (TPSA) is 38.7 Å². The zero-order chi connectivity index (χ0) is 33.0. The number of hydrogen-bond donors (Lipinski definition) is 0. The van der Waals surface area contributed by atoms with Gasteiger partial charge in [-0.3, -0.25) is 4.98 Å². The van der Waals surface area contributed by atoms with Crippen LogP contribution in [0.4, 0.5) is 0 Å². The second-order valence-electron chi connectivity index (χ2n) is 13.3. The smallest absolute Gasteiger partial charge is 0.160 e. The van der Waals surface area contributed by atoms with E-state index in [-0.39, 0.29) is 5.41 Å². The number of rotatable bonds is 5. The molecule has 0 fully saturated rings. The summed E-state index contributed by atoms with van der Waals surface area (Å²) < 4.78 is 0. The molecule has 0 unspecified atom stereocenters. The molecule has 0 spiro atoms. The van der Waals surface area contributed by atoms with E-state index in [1.54, 1.807) is 0 Å². The molecule has 6 aromatic carbocycles. The maximum Gasteiger partial charge on any atom is 0.160 e. The van der Waals surface area contributed by atoms with Gasteiger partial charge in [-0.15, -0.1) is 0 Å². The van der Waals surface area contributed by atoms with Gasteiger partial charge >= 0.3 is 0 Å². The predicted octanol–water partition coefficient (Wildman–Crippen LogP) is 11.7. The Kier molecular flexibility index (Phi) is 6.80. The molecule has 9 rings (SSSR count). The van der Waals surface area contributed by atoms with Crippen LogP contribution in [0.15, 0.2) is 164 Å². The molecule has 0 radical (unpaired) electrons. The first-order chi connectivity index (χ1) is 24.0. The van der Waals surface area contributed by atoms with Gasteiger partial charge in [-0.25, -0.2) is 9.97 Å². The van der Waals surface area contributed by atoms with Crippen LogP contribution in [0.1, 0.15) is 25.0 Å². The van der Waals surface area contributed by atoms with E-state index in [1.807, 2.05) is 30.6 Å². The Morgan fingerprint density at radius 1 is 0.429 bits per heavy atom. The van der Waals surface area contributed by atoms with Crippen LogP contribution in [-0.2, 0) is 5.41 Å². The van der Waals surface area contributed by atoms with Crippen LogP contribution in [0.3, 0.4) is 0 Å². The molecule has 2 aromatic heterocycles. The Hall–Kier alpha value is -6.19. The van der Waals surface area contributed by atoms with Gasteiger partial charge in [0.05, 0.1) is 11.4 Å². The van der Waals surface area contributed by atoms with Gasteiger partial charge in [0, 0.05) is 34.5 Å². The fourth-order valence-corrected chi connectivity index (χ4v) is 7.50. The van der Waals surface area contributed by atoms with Crippen molar-refractivity contribution < 1.29 is 0 Å². The number of nitrogens with zero attached hydrogens (tertiary/aromatic N) is 3. The number of fused-ring (bicyclic) bond motifs is 5. The summed E-state index contributed by atoms with van der Waals surface area (Å²) in [6.07, 6.45) is 3.62. The highest BCUT2D eigenvalue weighted by Crippen LogP contribution is 2.54. The highest BCUT2D eigenvalue weighted by atomic mass is 14.9. The molecule has 0 saturated heterocycles. The minimum absolute atomic E-state index is 0.0996. The van der Waals surface area contributed by atoms with Crippen LogP contribution in [-0.4, -0.2) is 15.0 Å². The van der Waals surface area contributed by atoms with E-state index < -0.39 is 0 Å². The summed E-state index contributed by atoms with van der Waals surface area (Å²) in [4.78, 5) is 14.6. The van der Waals surface area contributed by atoms with Crippen molar-refractivity contribution >= 4 is 10.8 Å². The van der Waals surface area contributed by atoms with Gasteiger partial charge in [0.1, 0.15) is 0 Å². The number of benzene rings is 6. The van der Waals surface area contributed by atoms with Crippen molar-refractivity contribution in [1.82, 2.24) is 15.0 Å². The van der Waals surface area contributed by atoms with E-state index in [0.717, 1.165) is 39.2 Å². The molecule has 2 heterocycles. The molecule has 3 heteroatoms.